The van der Waals surface area contributed by atoms with Crippen molar-refractivity contribution in [3.05, 3.63) is 53.6 Å². The third-order valence-electron chi connectivity index (χ3n) is 5.86. The zero-order valence-electron chi connectivity index (χ0n) is 16.2. The third-order valence-corrected chi connectivity index (χ3v) is 5.86. The molecule has 1 unspecified atom stereocenters. The molecule has 7 heteroatoms. The first-order valence-electron chi connectivity index (χ1n) is 10.0. The Bertz CT molecular complexity index is 981. The fourth-order valence-electron chi connectivity index (χ4n) is 4.07. The minimum atomic E-state index is 0.266. The molecule has 1 fully saturated rings. The van der Waals surface area contributed by atoms with Crippen LogP contribution in [0.1, 0.15) is 29.9 Å². The van der Waals surface area contributed by atoms with Gasteiger partial charge in [-0.2, -0.15) is 0 Å². The Labute approximate surface area is 164 Å². The first kappa shape index (κ1) is 17.5. The molecule has 0 saturated carbocycles. The van der Waals surface area contributed by atoms with Crippen LogP contribution in [0.5, 0.6) is 0 Å². The average molecular weight is 375 g/mol. The minimum Gasteiger partial charge on any atom is -0.338 e. The van der Waals surface area contributed by atoms with Crippen LogP contribution < -0.4 is 10.2 Å². The molecule has 3 aromatic rings. The van der Waals surface area contributed by atoms with Gasteiger partial charge in [-0.3, -0.25) is 4.90 Å². The van der Waals surface area contributed by atoms with E-state index in [4.69, 9.17) is 9.97 Å². The molecule has 0 aromatic carbocycles. The van der Waals surface area contributed by atoms with Crippen LogP contribution in [0, 0.1) is 0 Å². The van der Waals surface area contributed by atoms with E-state index >= 15 is 0 Å². The summed E-state index contributed by atoms with van der Waals surface area (Å²) >= 11 is 0. The number of aromatic nitrogens is 4. The summed E-state index contributed by atoms with van der Waals surface area (Å²) in [6.07, 6.45) is 4.84. The molecule has 3 aromatic heterocycles. The number of fused-ring (bicyclic) bond motifs is 2. The number of nitrogens with one attached hydrogen (secondary N) is 1. The number of piperazine rings is 1. The molecule has 0 aliphatic carbocycles. The largest absolute Gasteiger partial charge is 0.338 e. The lowest BCUT2D eigenvalue weighted by Crippen LogP contribution is -2.48. The fraction of sp³-hybridized carbons (Fsp3) is 0.429. The van der Waals surface area contributed by atoms with Gasteiger partial charge in [0.15, 0.2) is 5.65 Å². The van der Waals surface area contributed by atoms with E-state index in [-0.39, 0.29) is 6.04 Å². The van der Waals surface area contributed by atoms with Crippen molar-refractivity contribution in [3.63, 3.8) is 0 Å². The molecule has 1 N–H and O–H groups in total. The summed E-state index contributed by atoms with van der Waals surface area (Å²) in [5, 5.41) is 4.48. The highest BCUT2D eigenvalue weighted by Crippen LogP contribution is 2.23. The second kappa shape index (κ2) is 7.41. The first-order valence-corrected chi connectivity index (χ1v) is 10.0. The van der Waals surface area contributed by atoms with Gasteiger partial charge in [0.05, 0.1) is 11.4 Å². The summed E-state index contributed by atoms with van der Waals surface area (Å²) in [4.78, 5) is 23.4. The zero-order valence-corrected chi connectivity index (χ0v) is 16.2. The van der Waals surface area contributed by atoms with Gasteiger partial charge in [-0.05, 0) is 49.7 Å². The van der Waals surface area contributed by atoms with Crippen LogP contribution in [-0.2, 0) is 13.0 Å². The summed E-state index contributed by atoms with van der Waals surface area (Å²) in [7, 11) is 0. The molecule has 2 aliphatic rings. The second-order valence-corrected chi connectivity index (χ2v) is 7.55. The van der Waals surface area contributed by atoms with Crippen LogP contribution in [-0.4, -0.2) is 57.6 Å². The number of pyridine rings is 2. The average Bonchev–Trinajstić information content (AvgIpc) is 2.78. The summed E-state index contributed by atoms with van der Waals surface area (Å²) in [5.41, 5.74) is 4.34. The van der Waals surface area contributed by atoms with Crippen molar-refractivity contribution in [2.24, 2.45) is 0 Å². The Morgan fingerprint density at radius 2 is 1.93 bits per heavy atom. The van der Waals surface area contributed by atoms with E-state index in [9.17, 15) is 0 Å². The van der Waals surface area contributed by atoms with Crippen LogP contribution in [0.25, 0.3) is 11.0 Å². The van der Waals surface area contributed by atoms with Gasteiger partial charge in [0, 0.05) is 56.5 Å². The van der Waals surface area contributed by atoms with Crippen molar-refractivity contribution >= 4 is 17.0 Å². The highest BCUT2D eigenvalue weighted by Gasteiger charge is 2.25. The lowest BCUT2D eigenvalue weighted by Gasteiger charge is -2.38. The number of rotatable bonds is 3. The van der Waals surface area contributed by atoms with Gasteiger partial charge in [-0.15, -0.1) is 0 Å². The van der Waals surface area contributed by atoms with E-state index in [1.165, 1.54) is 5.56 Å². The first-order chi connectivity index (χ1) is 13.8. The second-order valence-electron chi connectivity index (χ2n) is 7.55. The molecule has 0 amide bonds. The standard InChI is InChI=1S/C21H25N7/c1-15(18-5-4-16-3-2-7-23-20(16)25-18)27-9-11-28(12-10-27)21-24-13-17-6-8-22-14-19(17)26-21/h2-5,7,13,15,22H,6,8-12,14H2,1H3. The van der Waals surface area contributed by atoms with E-state index in [0.717, 1.165) is 74.1 Å². The Morgan fingerprint density at radius 3 is 2.82 bits per heavy atom. The van der Waals surface area contributed by atoms with Gasteiger partial charge in [0.2, 0.25) is 5.95 Å². The molecule has 0 bridgehead atoms. The van der Waals surface area contributed by atoms with Crippen molar-refractivity contribution in [2.45, 2.75) is 25.9 Å². The maximum atomic E-state index is 4.81. The van der Waals surface area contributed by atoms with E-state index < -0.39 is 0 Å². The quantitative estimate of drug-likeness (QED) is 0.750. The maximum Gasteiger partial charge on any atom is 0.225 e. The van der Waals surface area contributed by atoms with Crippen molar-refractivity contribution in [3.8, 4) is 0 Å². The zero-order chi connectivity index (χ0) is 18.9. The molecular weight excluding hydrogens is 350 g/mol. The van der Waals surface area contributed by atoms with Gasteiger partial charge in [0.25, 0.3) is 0 Å². The predicted octanol–water partition coefficient (Wildman–Crippen LogP) is 1.95. The van der Waals surface area contributed by atoms with Gasteiger partial charge in [0.1, 0.15) is 0 Å². The summed E-state index contributed by atoms with van der Waals surface area (Å²) < 4.78 is 0. The van der Waals surface area contributed by atoms with E-state index in [0.29, 0.717) is 0 Å². The number of hydrogen-bond donors (Lipinski definition) is 1. The highest BCUT2D eigenvalue weighted by atomic mass is 15.3. The van der Waals surface area contributed by atoms with Crippen molar-refractivity contribution in [1.82, 2.24) is 30.2 Å². The van der Waals surface area contributed by atoms with Crippen LogP contribution in [0.4, 0.5) is 5.95 Å². The SMILES string of the molecule is CC(c1ccc2cccnc2n1)N1CCN(c2ncc3c(n2)CNCC3)CC1. The van der Waals surface area contributed by atoms with Crippen LogP contribution in [0.3, 0.4) is 0 Å². The number of anilines is 1. The minimum absolute atomic E-state index is 0.266. The van der Waals surface area contributed by atoms with E-state index in [2.05, 4.69) is 50.2 Å². The summed E-state index contributed by atoms with van der Waals surface area (Å²) in [6, 6.07) is 8.51. The number of nitrogens with zero attached hydrogens (tertiary/aromatic N) is 6. The van der Waals surface area contributed by atoms with Gasteiger partial charge < -0.3 is 10.2 Å². The molecule has 0 radical (unpaired) electrons. The van der Waals surface area contributed by atoms with Crippen molar-refractivity contribution < 1.29 is 0 Å². The molecule has 5 heterocycles. The van der Waals surface area contributed by atoms with Crippen LogP contribution in [0.2, 0.25) is 0 Å². The Kier molecular flexibility index (Phi) is 4.62. The van der Waals surface area contributed by atoms with E-state index in [1.807, 2.05) is 12.3 Å². The molecule has 1 atom stereocenters. The molecule has 144 valence electrons. The lowest BCUT2D eigenvalue weighted by molar-refractivity contribution is 0.194. The molecule has 0 spiro atoms. The van der Waals surface area contributed by atoms with Crippen molar-refractivity contribution in [2.75, 3.05) is 37.6 Å². The maximum absolute atomic E-state index is 4.81. The summed E-state index contributed by atoms with van der Waals surface area (Å²) in [6.45, 7) is 7.91. The molecular formula is C21H25N7. The van der Waals surface area contributed by atoms with Crippen LogP contribution in [0.15, 0.2) is 36.7 Å². The van der Waals surface area contributed by atoms with Crippen LogP contribution >= 0.6 is 0 Å². The van der Waals surface area contributed by atoms with E-state index in [1.54, 1.807) is 6.20 Å². The van der Waals surface area contributed by atoms with Crippen molar-refractivity contribution in [1.29, 1.82) is 0 Å². The van der Waals surface area contributed by atoms with Gasteiger partial charge in [-0.25, -0.2) is 19.9 Å². The van der Waals surface area contributed by atoms with Gasteiger partial charge in [-0.1, -0.05) is 0 Å². The fourth-order valence-corrected chi connectivity index (χ4v) is 4.07. The molecule has 7 nitrogen and oxygen atoms in total. The Hall–Kier alpha value is -2.64. The van der Waals surface area contributed by atoms with Gasteiger partial charge >= 0.3 is 0 Å². The normalized spacial score (nSPS) is 18.8. The monoisotopic (exact) mass is 375 g/mol. The predicted molar refractivity (Wildman–Crippen MR) is 109 cm³/mol. The smallest absolute Gasteiger partial charge is 0.225 e. The molecule has 28 heavy (non-hydrogen) atoms. The topological polar surface area (TPSA) is 70.1 Å². The summed E-state index contributed by atoms with van der Waals surface area (Å²) in [5.74, 6) is 0.864. The molecule has 5 rings (SSSR count). The number of hydrogen-bond acceptors (Lipinski definition) is 7. The Balaban J connectivity index is 1.27. The lowest BCUT2D eigenvalue weighted by atomic mass is 10.1. The Morgan fingerprint density at radius 1 is 1.04 bits per heavy atom. The third kappa shape index (κ3) is 3.31. The highest BCUT2D eigenvalue weighted by molar-refractivity contribution is 5.74. The molecule has 2 aliphatic heterocycles. The molecule has 1 saturated heterocycles.